The van der Waals surface area contributed by atoms with Gasteiger partial charge in [-0.3, -0.25) is 15.0 Å². The van der Waals surface area contributed by atoms with E-state index in [9.17, 15) is 9.59 Å². The molecule has 1 fully saturated rings. The van der Waals surface area contributed by atoms with E-state index in [1.165, 1.54) is 7.05 Å². The lowest BCUT2D eigenvalue weighted by Crippen LogP contribution is -2.25. The Labute approximate surface area is 203 Å². The monoisotopic (exact) mass is 477 g/mol. The fourth-order valence-corrected chi connectivity index (χ4v) is 3.85. The summed E-state index contributed by atoms with van der Waals surface area (Å²) < 4.78 is 18.2. The van der Waals surface area contributed by atoms with E-state index in [1.54, 1.807) is 25.9 Å². The molecule has 1 aliphatic heterocycles. The standard InChI is InChI=1S/C25H27N5O5/c1-29-19(14-15-6-10-17(33-3)11-7-15)20(21(35-5)16-8-12-18(34-4)13-9-16)26-24(29)27-22-23(31)30(2)25(32)28-22/h6-13,21H,14H2,1-5H3,(H,26,27,28,32). The van der Waals surface area contributed by atoms with Crippen LogP contribution >= 0.6 is 0 Å². The number of carbonyl (C=O) groups is 2. The van der Waals surface area contributed by atoms with E-state index < -0.39 is 18.0 Å². The number of rotatable bonds is 8. The van der Waals surface area contributed by atoms with Crippen LogP contribution in [-0.4, -0.2) is 60.6 Å². The minimum Gasteiger partial charge on any atom is -0.497 e. The summed E-state index contributed by atoms with van der Waals surface area (Å²) >= 11 is 0. The molecule has 3 amide bonds. The number of likely N-dealkylation sites (N-methyl/N-ethyl adjacent to an activating group) is 1. The van der Waals surface area contributed by atoms with Crippen molar-refractivity contribution in [3.8, 4) is 11.5 Å². The van der Waals surface area contributed by atoms with Crippen LogP contribution in [0.4, 0.5) is 10.7 Å². The second kappa shape index (κ2) is 9.98. The second-order valence-electron chi connectivity index (χ2n) is 7.97. The third-order valence-corrected chi connectivity index (χ3v) is 5.90. The van der Waals surface area contributed by atoms with Crippen molar-refractivity contribution in [1.82, 2.24) is 19.8 Å². The fraction of sp³-hybridized carbons (Fsp3) is 0.280. The molecular formula is C25H27N5O5. The maximum Gasteiger partial charge on any atom is 0.329 e. The number of nitrogens with one attached hydrogen (secondary N) is 1. The molecule has 1 saturated heterocycles. The van der Waals surface area contributed by atoms with Crippen LogP contribution in [0.1, 0.15) is 28.6 Å². The number of amides is 3. The SMILES string of the molecule is COc1ccc(Cc2c(C(OC)c3ccc(OC)cc3)nc(/N=C3/NC(=O)N(C)C3=O)n2C)cc1. The number of imidazole rings is 1. The Balaban J connectivity index is 1.79. The number of hydrogen-bond donors (Lipinski definition) is 1. The first-order valence-electron chi connectivity index (χ1n) is 10.9. The van der Waals surface area contributed by atoms with Gasteiger partial charge in [0.2, 0.25) is 11.8 Å². The third kappa shape index (κ3) is 4.73. The predicted octanol–water partition coefficient (Wildman–Crippen LogP) is 2.98. The molecule has 1 aromatic heterocycles. The highest BCUT2D eigenvalue weighted by Crippen LogP contribution is 2.32. The Kier molecular flexibility index (Phi) is 6.83. The summed E-state index contributed by atoms with van der Waals surface area (Å²) in [5, 5.41) is 2.48. The number of nitrogens with zero attached hydrogens (tertiary/aromatic N) is 4. The summed E-state index contributed by atoms with van der Waals surface area (Å²) in [6, 6.07) is 14.8. The molecular weight excluding hydrogens is 450 g/mol. The molecule has 0 bridgehead atoms. The van der Waals surface area contributed by atoms with Crippen molar-refractivity contribution in [2.24, 2.45) is 12.0 Å². The zero-order valence-corrected chi connectivity index (χ0v) is 20.2. The highest BCUT2D eigenvalue weighted by atomic mass is 16.5. The van der Waals surface area contributed by atoms with E-state index in [-0.39, 0.29) is 11.8 Å². The Hall–Kier alpha value is -4.18. The summed E-state index contributed by atoms with van der Waals surface area (Å²) in [6.45, 7) is 0. The van der Waals surface area contributed by atoms with Gasteiger partial charge in [-0.25, -0.2) is 9.78 Å². The molecule has 1 aliphatic rings. The van der Waals surface area contributed by atoms with Crippen molar-refractivity contribution >= 4 is 23.7 Å². The summed E-state index contributed by atoms with van der Waals surface area (Å²) in [5.41, 5.74) is 3.41. The number of imide groups is 1. The molecule has 1 atom stereocenters. The smallest absolute Gasteiger partial charge is 0.329 e. The van der Waals surface area contributed by atoms with E-state index >= 15 is 0 Å². The van der Waals surface area contributed by atoms with Crippen LogP contribution < -0.4 is 14.8 Å². The molecule has 35 heavy (non-hydrogen) atoms. The Morgan fingerprint density at radius 1 is 0.943 bits per heavy atom. The summed E-state index contributed by atoms with van der Waals surface area (Å²) in [7, 11) is 8.06. The number of aromatic nitrogens is 2. The molecule has 1 N–H and O–H groups in total. The quantitative estimate of drug-likeness (QED) is 0.500. The van der Waals surface area contributed by atoms with Gasteiger partial charge in [-0.05, 0) is 35.4 Å². The van der Waals surface area contributed by atoms with Crippen LogP contribution in [0.3, 0.4) is 0 Å². The number of urea groups is 1. The number of hydrogen-bond acceptors (Lipinski definition) is 7. The summed E-state index contributed by atoms with van der Waals surface area (Å²) in [5.74, 6) is 1.17. The second-order valence-corrected chi connectivity index (χ2v) is 7.97. The van der Waals surface area contributed by atoms with Crippen LogP contribution in [0.15, 0.2) is 53.5 Å². The van der Waals surface area contributed by atoms with E-state index in [0.29, 0.717) is 12.1 Å². The zero-order chi connectivity index (χ0) is 25.1. The summed E-state index contributed by atoms with van der Waals surface area (Å²) in [6.07, 6.45) is 0.0371. The molecule has 10 nitrogen and oxygen atoms in total. The number of methoxy groups -OCH3 is 3. The van der Waals surface area contributed by atoms with Gasteiger partial charge in [0.1, 0.15) is 17.6 Å². The lowest BCUT2D eigenvalue weighted by Gasteiger charge is -2.17. The lowest BCUT2D eigenvalue weighted by atomic mass is 10.0. The van der Waals surface area contributed by atoms with Crippen LogP contribution in [0.5, 0.6) is 11.5 Å². The first-order chi connectivity index (χ1) is 16.9. The number of benzene rings is 2. The average Bonchev–Trinajstić information content (AvgIpc) is 3.31. The van der Waals surface area contributed by atoms with Gasteiger partial charge in [0.25, 0.3) is 5.91 Å². The number of ether oxygens (including phenoxy) is 3. The van der Waals surface area contributed by atoms with Crippen LogP contribution in [0.2, 0.25) is 0 Å². The topological polar surface area (TPSA) is 107 Å². The molecule has 0 spiro atoms. The van der Waals surface area contributed by atoms with Gasteiger partial charge in [-0.1, -0.05) is 24.3 Å². The molecule has 2 heterocycles. The molecule has 0 aliphatic carbocycles. The normalized spacial score (nSPS) is 15.5. The molecule has 2 aromatic carbocycles. The van der Waals surface area contributed by atoms with Gasteiger partial charge in [0.05, 0.1) is 19.9 Å². The first kappa shape index (κ1) is 24.0. The van der Waals surface area contributed by atoms with Crippen LogP contribution in [-0.2, 0) is 23.0 Å². The molecule has 4 rings (SSSR count). The molecule has 182 valence electrons. The van der Waals surface area contributed by atoms with E-state index in [0.717, 1.165) is 33.2 Å². The number of aliphatic imine (C=N–C) groups is 1. The zero-order valence-electron chi connectivity index (χ0n) is 20.2. The largest absolute Gasteiger partial charge is 0.497 e. The molecule has 0 radical (unpaired) electrons. The van der Waals surface area contributed by atoms with E-state index in [1.807, 2.05) is 55.6 Å². The third-order valence-electron chi connectivity index (χ3n) is 5.90. The Bertz CT molecular complexity index is 1260. The predicted molar refractivity (Wildman–Crippen MR) is 129 cm³/mol. The minimum atomic E-state index is -0.533. The average molecular weight is 478 g/mol. The number of amidine groups is 1. The Morgan fingerprint density at radius 2 is 1.54 bits per heavy atom. The van der Waals surface area contributed by atoms with Crippen molar-refractivity contribution in [2.45, 2.75) is 12.5 Å². The molecule has 0 saturated carbocycles. The van der Waals surface area contributed by atoms with Gasteiger partial charge in [0.15, 0.2) is 0 Å². The Morgan fingerprint density at radius 3 is 2.06 bits per heavy atom. The highest BCUT2D eigenvalue weighted by molar-refractivity contribution is 6.47. The summed E-state index contributed by atoms with van der Waals surface area (Å²) in [4.78, 5) is 34.3. The van der Waals surface area contributed by atoms with Crippen LogP contribution in [0.25, 0.3) is 0 Å². The fourth-order valence-electron chi connectivity index (χ4n) is 3.85. The van der Waals surface area contributed by atoms with Crippen molar-refractivity contribution in [3.63, 3.8) is 0 Å². The van der Waals surface area contributed by atoms with E-state index in [2.05, 4.69) is 10.3 Å². The molecule has 10 heteroatoms. The van der Waals surface area contributed by atoms with Crippen molar-refractivity contribution in [1.29, 1.82) is 0 Å². The first-order valence-corrected chi connectivity index (χ1v) is 10.9. The van der Waals surface area contributed by atoms with E-state index in [4.69, 9.17) is 19.2 Å². The maximum absolute atomic E-state index is 12.4. The maximum atomic E-state index is 12.4. The highest BCUT2D eigenvalue weighted by Gasteiger charge is 2.33. The van der Waals surface area contributed by atoms with Gasteiger partial charge < -0.3 is 18.8 Å². The minimum absolute atomic E-state index is 0.0773. The van der Waals surface area contributed by atoms with Crippen LogP contribution in [0, 0.1) is 0 Å². The van der Waals surface area contributed by atoms with Crippen molar-refractivity contribution < 1.29 is 23.8 Å². The van der Waals surface area contributed by atoms with Gasteiger partial charge >= 0.3 is 6.03 Å². The van der Waals surface area contributed by atoms with Crippen molar-refractivity contribution in [3.05, 3.63) is 71.0 Å². The van der Waals surface area contributed by atoms with Crippen molar-refractivity contribution in [2.75, 3.05) is 28.4 Å². The lowest BCUT2D eigenvalue weighted by molar-refractivity contribution is -0.119. The molecule has 3 aromatic rings. The molecule has 1 unspecified atom stereocenters. The van der Waals surface area contributed by atoms with Gasteiger partial charge in [0, 0.05) is 33.3 Å². The van der Waals surface area contributed by atoms with Gasteiger partial charge in [-0.2, -0.15) is 4.99 Å². The number of carbonyl (C=O) groups excluding carboxylic acids is 2. The van der Waals surface area contributed by atoms with Gasteiger partial charge in [-0.15, -0.1) is 0 Å².